The van der Waals surface area contributed by atoms with Gasteiger partial charge in [-0.2, -0.15) is 18.4 Å². The van der Waals surface area contributed by atoms with Crippen LogP contribution in [0.2, 0.25) is 0 Å². The molecule has 1 fully saturated rings. The number of hydrogen-bond donors (Lipinski definition) is 0. The van der Waals surface area contributed by atoms with Gasteiger partial charge in [0.15, 0.2) is 23.1 Å². The fourth-order valence-electron chi connectivity index (χ4n) is 7.16. The zero-order valence-electron chi connectivity index (χ0n) is 24.0. The summed E-state index contributed by atoms with van der Waals surface area (Å²) in [7, 11) is 4.14. The Labute approximate surface area is 244 Å². The van der Waals surface area contributed by atoms with Gasteiger partial charge in [0.25, 0.3) is 0 Å². The Morgan fingerprint density at radius 3 is 1.93 bits per heavy atom. The summed E-state index contributed by atoms with van der Waals surface area (Å²) in [6, 6.07) is -2.64. The fourth-order valence-corrected chi connectivity index (χ4v) is 7.16. The van der Waals surface area contributed by atoms with Crippen LogP contribution in [0.4, 0.5) is 13.2 Å². The molecule has 0 amide bonds. The summed E-state index contributed by atoms with van der Waals surface area (Å²) in [6.45, 7) is 2.10. The van der Waals surface area contributed by atoms with Crippen molar-refractivity contribution in [3.63, 3.8) is 0 Å². The second kappa shape index (κ2) is 10.6. The average Bonchev–Trinajstić information content (AvgIpc) is 2.93. The van der Waals surface area contributed by atoms with Gasteiger partial charge in [0, 0.05) is 45.5 Å². The zero-order chi connectivity index (χ0) is 31.7. The number of piperazine rings is 1. The number of methoxy groups -OCH3 is 2. The highest BCUT2D eigenvalue weighted by molar-refractivity contribution is 6.26. The molecule has 0 unspecified atom stereocenters. The van der Waals surface area contributed by atoms with Crippen LogP contribution in [-0.4, -0.2) is 103 Å². The summed E-state index contributed by atoms with van der Waals surface area (Å²) in [4.78, 5) is 69.9. The third kappa shape index (κ3) is 4.53. The summed E-state index contributed by atoms with van der Waals surface area (Å²) in [5.41, 5.74) is 0.384. The number of carbonyl (C=O) groups excluding carboxylic acids is 5. The number of carbonyl (C=O) groups is 5. The standard InChI is InChI=1S/C29H28F3N3O8/c1-11-23(37)13-7-16-22-21-14(24(38)12(2)28(42-5)26(21)40)6-15(34(22)3)17(9-33)35(16)18(20(13)25(39)27(11)41-4)10-43-19(36)8-29(30,31)32/h15-18,22H,6-8,10H2,1-5H3/t15-,16-,17-,18-,22+/m0/s1. The number of fused-ring (bicyclic) bond motifs is 5. The average molecular weight is 604 g/mol. The number of rotatable bonds is 5. The first-order valence-corrected chi connectivity index (χ1v) is 13.4. The van der Waals surface area contributed by atoms with E-state index in [0.717, 1.165) is 0 Å². The molecule has 5 atom stereocenters. The van der Waals surface area contributed by atoms with Crippen LogP contribution in [0.1, 0.15) is 33.1 Å². The third-order valence-corrected chi connectivity index (χ3v) is 8.96. The molecule has 1 saturated heterocycles. The molecule has 3 heterocycles. The Morgan fingerprint density at radius 2 is 1.42 bits per heavy atom. The molecule has 0 spiro atoms. The van der Waals surface area contributed by atoms with E-state index in [-0.39, 0.29) is 57.8 Å². The van der Waals surface area contributed by atoms with E-state index in [1.54, 1.807) is 16.8 Å². The summed E-state index contributed by atoms with van der Waals surface area (Å²) >= 11 is 0. The number of ether oxygens (including phenoxy) is 3. The highest BCUT2D eigenvalue weighted by Gasteiger charge is 2.60. The highest BCUT2D eigenvalue weighted by atomic mass is 19.4. The van der Waals surface area contributed by atoms with Crippen molar-refractivity contribution in [3.05, 3.63) is 45.0 Å². The fraction of sp³-hybridized carbons (Fsp3) is 0.517. The lowest BCUT2D eigenvalue weighted by atomic mass is 9.67. The number of Topliss-reactive ketones (excluding diaryl/α,β-unsaturated/α-hetero) is 4. The number of hydrogen-bond acceptors (Lipinski definition) is 11. The van der Waals surface area contributed by atoms with Gasteiger partial charge in [-0.15, -0.1) is 0 Å². The van der Waals surface area contributed by atoms with Crippen LogP contribution >= 0.6 is 0 Å². The molecule has 3 aliphatic heterocycles. The lowest BCUT2D eigenvalue weighted by molar-refractivity contribution is -0.173. The lowest BCUT2D eigenvalue weighted by Gasteiger charge is -2.60. The Balaban J connectivity index is 1.68. The molecular weight excluding hydrogens is 575 g/mol. The Morgan fingerprint density at radius 1 is 0.907 bits per heavy atom. The molecule has 0 N–H and O–H groups in total. The normalized spacial score (nSPS) is 29.8. The van der Waals surface area contributed by atoms with Gasteiger partial charge in [-0.1, -0.05) is 0 Å². The van der Waals surface area contributed by atoms with Crippen LogP contribution < -0.4 is 0 Å². The van der Waals surface area contributed by atoms with Crippen molar-refractivity contribution >= 4 is 29.1 Å². The van der Waals surface area contributed by atoms with Crippen molar-refractivity contribution in [2.75, 3.05) is 27.9 Å². The lowest BCUT2D eigenvalue weighted by Crippen LogP contribution is -2.74. The molecule has 2 aliphatic carbocycles. The van der Waals surface area contributed by atoms with Gasteiger partial charge in [0.1, 0.15) is 19.1 Å². The Kier molecular flexibility index (Phi) is 7.46. The molecule has 2 bridgehead atoms. The number of ketones is 4. The van der Waals surface area contributed by atoms with E-state index in [4.69, 9.17) is 14.2 Å². The number of halogens is 3. The molecule has 43 heavy (non-hydrogen) atoms. The molecule has 0 aromatic carbocycles. The second-order valence-electron chi connectivity index (χ2n) is 11.1. The third-order valence-electron chi connectivity index (χ3n) is 8.96. The van der Waals surface area contributed by atoms with E-state index in [1.165, 1.54) is 28.1 Å². The quantitative estimate of drug-likeness (QED) is 0.334. The van der Waals surface area contributed by atoms with E-state index in [0.29, 0.717) is 0 Å². The predicted molar refractivity (Wildman–Crippen MR) is 139 cm³/mol. The van der Waals surface area contributed by atoms with Crippen LogP contribution in [0.15, 0.2) is 45.0 Å². The molecule has 228 valence electrons. The first kappa shape index (κ1) is 30.4. The van der Waals surface area contributed by atoms with Gasteiger partial charge < -0.3 is 14.2 Å². The molecule has 5 aliphatic rings. The van der Waals surface area contributed by atoms with Gasteiger partial charge in [-0.05, 0) is 33.7 Å². The maximum Gasteiger partial charge on any atom is 0.399 e. The summed E-state index contributed by atoms with van der Waals surface area (Å²) in [6.07, 6.45) is -6.87. The number of esters is 1. The molecule has 0 radical (unpaired) electrons. The summed E-state index contributed by atoms with van der Waals surface area (Å²) in [5.74, 6) is -4.20. The molecule has 14 heteroatoms. The van der Waals surface area contributed by atoms with Crippen molar-refractivity contribution in [1.29, 1.82) is 5.26 Å². The predicted octanol–water partition coefficient (Wildman–Crippen LogP) is 1.64. The SMILES string of the molecule is COC1=C(C)C(=O)C2=C(C1=O)[C@H]1[C@@H]3CC4=C(C(=O)C(OC)=C(C)C4=O)[C@H](COC(=O)CC(F)(F)F)N3[C@@H](C#N)[C@H](C2)N1C. The zero-order valence-corrected chi connectivity index (χ0v) is 24.0. The molecule has 11 nitrogen and oxygen atoms in total. The van der Waals surface area contributed by atoms with Crippen LogP contribution in [0.5, 0.6) is 0 Å². The van der Waals surface area contributed by atoms with Crippen molar-refractivity contribution in [2.24, 2.45) is 0 Å². The minimum absolute atomic E-state index is 0.00954. The van der Waals surface area contributed by atoms with E-state index in [9.17, 15) is 42.4 Å². The molecule has 5 rings (SSSR count). The maximum absolute atomic E-state index is 13.7. The van der Waals surface area contributed by atoms with Crippen LogP contribution in [0.25, 0.3) is 0 Å². The number of nitriles is 1. The van der Waals surface area contributed by atoms with Crippen molar-refractivity contribution in [3.8, 4) is 6.07 Å². The van der Waals surface area contributed by atoms with E-state index in [2.05, 4.69) is 6.07 Å². The van der Waals surface area contributed by atoms with Gasteiger partial charge in [-0.3, -0.25) is 33.8 Å². The highest BCUT2D eigenvalue weighted by Crippen LogP contribution is 2.49. The van der Waals surface area contributed by atoms with Crippen LogP contribution in [-0.2, 0) is 38.2 Å². The number of nitrogens with zero attached hydrogens (tertiary/aromatic N) is 3. The van der Waals surface area contributed by atoms with Gasteiger partial charge in [-0.25, -0.2) is 0 Å². The smallest absolute Gasteiger partial charge is 0.399 e. The van der Waals surface area contributed by atoms with E-state index < -0.39 is 78.5 Å². The largest absolute Gasteiger partial charge is 0.492 e. The first-order chi connectivity index (χ1) is 20.2. The van der Waals surface area contributed by atoms with Crippen molar-refractivity contribution in [1.82, 2.24) is 9.80 Å². The minimum atomic E-state index is -4.85. The molecule has 0 saturated carbocycles. The summed E-state index contributed by atoms with van der Waals surface area (Å²) in [5, 5.41) is 10.4. The maximum atomic E-state index is 13.7. The van der Waals surface area contributed by atoms with Crippen LogP contribution in [0, 0.1) is 11.3 Å². The Hall–Kier alpha value is -4.09. The number of likely N-dealkylation sites (N-methyl/N-ethyl adjacent to an activating group) is 1. The van der Waals surface area contributed by atoms with Gasteiger partial charge in [0.2, 0.25) is 11.6 Å². The second-order valence-corrected chi connectivity index (χ2v) is 11.1. The summed E-state index contributed by atoms with van der Waals surface area (Å²) < 4.78 is 54.3. The van der Waals surface area contributed by atoms with E-state index in [1.807, 2.05) is 0 Å². The Bertz CT molecular complexity index is 1550. The van der Waals surface area contributed by atoms with Crippen molar-refractivity contribution < 1.29 is 51.4 Å². The molecule has 0 aromatic rings. The first-order valence-electron chi connectivity index (χ1n) is 13.4. The van der Waals surface area contributed by atoms with Crippen molar-refractivity contribution in [2.45, 2.75) is 69.5 Å². The van der Waals surface area contributed by atoms with Crippen LogP contribution in [0.3, 0.4) is 0 Å². The monoisotopic (exact) mass is 603 g/mol. The molecular formula is C29H28F3N3O8. The van der Waals surface area contributed by atoms with E-state index >= 15 is 0 Å². The number of alkyl halides is 3. The number of allylic oxidation sites excluding steroid dienone is 4. The molecule has 0 aromatic heterocycles. The minimum Gasteiger partial charge on any atom is -0.492 e. The van der Waals surface area contributed by atoms with Gasteiger partial charge in [0.05, 0.1) is 32.4 Å². The van der Waals surface area contributed by atoms with Gasteiger partial charge >= 0.3 is 12.1 Å². The topological polar surface area (TPSA) is 143 Å².